The third-order valence-electron chi connectivity index (χ3n) is 4.29. The highest BCUT2D eigenvalue weighted by Gasteiger charge is 2.20. The predicted molar refractivity (Wildman–Crippen MR) is 91.9 cm³/mol. The molecule has 134 valence electrons. The number of nitrogens with two attached hydrogens (primary N) is 1. The largest absolute Gasteiger partial charge is 0.396 e. The van der Waals surface area contributed by atoms with Crippen LogP contribution in [0.1, 0.15) is 82.7 Å². The molecule has 2 unspecified atom stereocenters. The topological polar surface area (TPSA) is 97.2 Å². The minimum Gasteiger partial charge on any atom is -0.396 e. The number of rotatable bonds is 14. The molecule has 0 aliphatic carbocycles. The van der Waals surface area contributed by atoms with E-state index in [-0.39, 0.29) is 6.61 Å². The summed E-state index contributed by atoms with van der Waals surface area (Å²) in [7, 11) is 0. The Labute approximate surface area is 140 Å². The molecular formula is C17H34N4O2. The minimum atomic E-state index is -1.11. The molecule has 23 heavy (non-hydrogen) atoms. The van der Waals surface area contributed by atoms with Gasteiger partial charge in [-0.25, -0.2) is 0 Å². The van der Waals surface area contributed by atoms with E-state index in [1.807, 2.05) is 0 Å². The number of unbranched alkanes of at least 4 members (excludes halogenated alkanes) is 9. The maximum absolute atomic E-state index is 9.38. The number of aliphatic hydroxyl groups excluding tert-OH is 2. The zero-order chi connectivity index (χ0) is 16.9. The Hall–Kier alpha value is -0.980. The summed E-state index contributed by atoms with van der Waals surface area (Å²) in [5.74, 6) is -0.559. The van der Waals surface area contributed by atoms with Gasteiger partial charge in [0.15, 0.2) is 0 Å². The van der Waals surface area contributed by atoms with E-state index in [2.05, 4.69) is 17.2 Å². The first-order valence-corrected chi connectivity index (χ1v) is 9.13. The third-order valence-corrected chi connectivity index (χ3v) is 4.29. The van der Waals surface area contributed by atoms with Gasteiger partial charge in [0.25, 0.3) is 0 Å². The molecule has 1 heterocycles. The predicted octanol–water partition coefficient (Wildman–Crippen LogP) is 2.55. The lowest BCUT2D eigenvalue weighted by Gasteiger charge is -2.13. The van der Waals surface area contributed by atoms with Crippen molar-refractivity contribution in [1.29, 1.82) is 0 Å². The van der Waals surface area contributed by atoms with Gasteiger partial charge in [0.2, 0.25) is 0 Å². The molecule has 0 spiro atoms. The lowest BCUT2D eigenvalue weighted by Crippen LogP contribution is -2.30. The molecule has 4 N–H and O–H groups in total. The van der Waals surface area contributed by atoms with Crippen LogP contribution < -0.4 is 5.73 Å². The smallest absolute Gasteiger partial charge is 0.113 e. The van der Waals surface area contributed by atoms with E-state index in [0.29, 0.717) is 5.69 Å². The zero-order valence-corrected chi connectivity index (χ0v) is 14.5. The fraction of sp³-hybridized carbons (Fsp3) is 0.882. The van der Waals surface area contributed by atoms with Gasteiger partial charge in [-0.3, -0.25) is 4.68 Å². The summed E-state index contributed by atoms with van der Waals surface area (Å²) >= 11 is 0. The van der Waals surface area contributed by atoms with Gasteiger partial charge in [-0.1, -0.05) is 69.9 Å². The summed E-state index contributed by atoms with van der Waals surface area (Å²) in [6.07, 6.45) is 13.7. The molecule has 0 aliphatic rings. The van der Waals surface area contributed by atoms with E-state index >= 15 is 0 Å². The van der Waals surface area contributed by atoms with Crippen LogP contribution in [-0.2, 0) is 6.54 Å². The number of hydrogen-bond acceptors (Lipinski definition) is 5. The van der Waals surface area contributed by atoms with Gasteiger partial charge in [-0.2, -0.15) is 0 Å². The van der Waals surface area contributed by atoms with E-state index in [4.69, 9.17) is 5.73 Å². The van der Waals surface area contributed by atoms with Crippen LogP contribution in [-0.4, -0.2) is 38.0 Å². The van der Waals surface area contributed by atoms with Gasteiger partial charge in [0.05, 0.1) is 18.2 Å². The molecule has 1 aromatic rings. The van der Waals surface area contributed by atoms with E-state index in [1.54, 1.807) is 10.9 Å². The number of aliphatic hydroxyl groups is 2. The average Bonchev–Trinajstić information content (AvgIpc) is 2.98. The summed E-state index contributed by atoms with van der Waals surface area (Å²) in [5.41, 5.74) is 5.96. The molecule has 0 bridgehead atoms. The van der Waals surface area contributed by atoms with Gasteiger partial charge < -0.3 is 15.9 Å². The number of hydrogen-bond donors (Lipinski definition) is 3. The molecule has 0 saturated carbocycles. The van der Waals surface area contributed by atoms with Crippen LogP contribution in [0, 0.1) is 0 Å². The maximum Gasteiger partial charge on any atom is 0.113 e. The summed E-state index contributed by atoms with van der Waals surface area (Å²) in [6.45, 7) is 2.84. The van der Waals surface area contributed by atoms with Crippen molar-refractivity contribution in [1.82, 2.24) is 15.0 Å². The lowest BCUT2D eigenvalue weighted by atomic mass is 10.1. The first kappa shape index (κ1) is 20.1. The quantitative estimate of drug-likeness (QED) is 0.360. The van der Waals surface area contributed by atoms with Crippen molar-refractivity contribution >= 4 is 0 Å². The molecule has 0 amide bonds. The molecular weight excluding hydrogens is 292 g/mol. The summed E-state index contributed by atoms with van der Waals surface area (Å²) in [6, 6.07) is 0. The molecule has 0 saturated heterocycles. The van der Waals surface area contributed by atoms with Crippen LogP contribution in [0.15, 0.2) is 6.20 Å². The standard InChI is InChI=1S/C17H34N4O2/c1-2-3-4-5-6-7-8-9-10-11-12-21-13-16(19-20-21)15(14-22)17(18)23/h13,15,17,22-23H,2-12,14,18H2,1H3. The highest BCUT2D eigenvalue weighted by atomic mass is 16.3. The SMILES string of the molecule is CCCCCCCCCCCCn1cc(C(CO)C(N)O)nn1. The highest BCUT2D eigenvalue weighted by Crippen LogP contribution is 2.14. The van der Waals surface area contributed by atoms with Crippen LogP contribution in [0.2, 0.25) is 0 Å². The second-order valence-electron chi connectivity index (χ2n) is 6.37. The molecule has 0 aliphatic heterocycles. The van der Waals surface area contributed by atoms with Crippen LogP contribution in [0.5, 0.6) is 0 Å². The Bertz CT molecular complexity index is 396. The average molecular weight is 326 g/mol. The monoisotopic (exact) mass is 326 g/mol. The van der Waals surface area contributed by atoms with Gasteiger partial charge >= 0.3 is 0 Å². The molecule has 2 atom stereocenters. The van der Waals surface area contributed by atoms with Crippen molar-refractivity contribution in [2.45, 2.75) is 89.8 Å². The highest BCUT2D eigenvalue weighted by molar-refractivity contribution is 5.03. The lowest BCUT2D eigenvalue weighted by molar-refractivity contribution is 0.110. The molecule has 0 fully saturated rings. The number of aromatic nitrogens is 3. The molecule has 6 heteroatoms. The Kier molecular flexibility index (Phi) is 10.9. The first-order chi connectivity index (χ1) is 11.2. The Morgan fingerprint density at radius 1 is 1.04 bits per heavy atom. The fourth-order valence-corrected chi connectivity index (χ4v) is 2.73. The van der Waals surface area contributed by atoms with Crippen LogP contribution in [0.4, 0.5) is 0 Å². The Balaban J connectivity index is 2.07. The molecule has 6 nitrogen and oxygen atoms in total. The Morgan fingerprint density at radius 2 is 1.61 bits per heavy atom. The molecule has 0 aromatic carbocycles. The van der Waals surface area contributed by atoms with E-state index in [1.165, 1.54) is 57.8 Å². The number of nitrogens with zero attached hydrogens (tertiary/aromatic N) is 3. The zero-order valence-electron chi connectivity index (χ0n) is 14.5. The second kappa shape index (κ2) is 12.4. The summed E-state index contributed by atoms with van der Waals surface area (Å²) < 4.78 is 1.77. The van der Waals surface area contributed by atoms with Crippen molar-refractivity contribution in [3.8, 4) is 0 Å². The van der Waals surface area contributed by atoms with Gasteiger partial charge in [0, 0.05) is 12.7 Å². The van der Waals surface area contributed by atoms with E-state index in [9.17, 15) is 10.2 Å². The maximum atomic E-state index is 9.38. The van der Waals surface area contributed by atoms with Crippen LogP contribution in [0.25, 0.3) is 0 Å². The van der Waals surface area contributed by atoms with Gasteiger partial charge in [-0.05, 0) is 6.42 Å². The van der Waals surface area contributed by atoms with Crippen LogP contribution >= 0.6 is 0 Å². The van der Waals surface area contributed by atoms with Gasteiger partial charge in [0.1, 0.15) is 6.23 Å². The van der Waals surface area contributed by atoms with Gasteiger partial charge in [-0.15, -0.1) is 5.10 Å². The minimum absolute atomic E-state index is 0.228. The normalized spacial score (nSPS) is 14.1. The molecule has 1 aromatic heterocycles. The van der Waals surface area contributed by atoms with Crippen molar-refractivity contribution < 1.29 is 10.2 Å². The molecule has 0 radical (unpaired) electrons. The second-order valence-corrected chi connectivity index (χ2v) is 6.37. The summed E-state index contributed by atoms with van der Waals surface area (Å²) in [4.78, 5) is 0. The Morgan fingerprint density at radius 3 is 2.13 bits per heavy atom. The van der Waals surface area contributed by atoms with Crippen LogP contribution in [0.3, 0.4) is 0 Å². The van der Waals surface area contributed by atoms with Crippen molar-refractivity contribution in [2.75, 3.05) is 6.61 Å². The fourth-order valence-electron chi connectivity index (χ4n) is 2.73. The van der Waals surface area contributed by atoms with Crippen molar-refractivity contribution in [2.24, 2.45) is 5.73 Å². The van der Waals surface area contributed by atoms with Crippen molar-refractivity contribution in [3.05, 3.63) is 11.9 Å². The van der Waals surface area contributed by atoms with E-state index in [0.717, 1.165) is 13.0 Å². The van der Waals surface area contributed by atoms with E-state index < -0.39 is 12.1 Å². The van der Waals surface area contributed by atoms with Crippen molar-refractivity contribution in [3.63, 3.8) is 0 Å². The number of aryl methyl sites for hydroxylation is 1. The molecule has 1 rings (SSSR count). The third kappa shape index (κ3) is 8.44. The first-order valence-electron chi connectivity index (χ1n) is 9.13. The summed E-state index contributed by atoms with van der Waals surface area (Å²) in [5, 5.41) is 26.6.